The van der Waals surface area contributed by atoms with Crippen molar-refractivity contribution in [2.45, 2.75) is 38.9 Å². The second-order valence-corrected chi connectivity index (χ2v) is 7.08. The number of aromatic nitrogens is 4. The molecule has 2 heterocycles. The van der Waals surface area contributed by atoms with Gasteiger partial charge in [-0.2, -0.15) is 23.1 Å². The number of halogens is 3. The first-order valence-electron chi connectivity index (χ1n) is 9.85. The van der Waals surface area contributed by atoms with Crippen LogP contribution in [0.4, 0.5) is 19.0 Å². The molecule has 0 aliphatic heterocycles. The molecule has 0 bridgehead atoms. The number of alkyl halides is 3. The van der Waals surface area contributed by atoms with Gasteiger partial charge < -0.3 is 20.2 Å². The number of nitrogens with one attached hydrogen (secondary N) is 1. The van der Waals surface area contributed by atoms with Crippen molar-refractivity contribution in [1.29, 1.82) is 0 Å². The number of hydrogen-bond acceptors (Lipinski definition) is 7. The first-order chi connectivity index (χ1) is 15.1. The van der Waals surface area contributed by atoms with Gasteiger partial charge in [-0.1, -0.05) is 25.5 Å². The molecule has 32 heavy (non-hydrogen) atoms. The summed E-state index contributed by atoms with van der Waals surface area (Å²) in [6, 6.07) is 5.17. The predicted octanol–water partition coefficient (Wildman–Crippen LogP) is 3.21. The van der Waals surface area contributed by atoms with Crippen LogP contribution in [0.3, 0.4) is 0 Å². The van der Waals surface area contributed by atoms with E-state index in [9.17, 15) is 22.8 Å². The van der Waals surface area contributed by atoms with Crippen molar-refractivity contribution >= 4 is 23.0 Å². The maximum atomic E-state index is 12.6. The van der Waals surface area contributed by atoms with Crippen molar-refractivity contribution in [3.63, 3.8) is 0 Å². The van der Waals surface area contributed by atoms with Gasteiger partial charge >= 0.3 is 23.8 Å². The van der Waals surface area contributed by atoms with Gasteiger partial charge in [0.05, 0.1) is 18.2 Å². The van der Waals surface area contributed by atoms with Crippen LogP contribution in [0.25, 0.3) is 11.2 Å². The number of anilines is 1. The quantitative estimate of drug-likeness (QED) is 0.396. The summed E-state index contributed by atoms with van der Waals surface area (Å²) in [5.41, 5.74) is 6.24. The van der Waals surface area contributed by atoms with E-state index >= 15 is 0 Å². The molecule has 1 atom stereocenters. The summed E-state index contributed by atoms with van der Waals surface area (Å²) in [5, 5.41) is 0. The fourth-order valence-electron chi connectivity index (χ4n) is 3.04. The summed E-state index contributed by atoms with van der Waals surface area (Å²) in [6.07, 6.45) is -2.94. The number of esters is 1. The number of ether oxygens (including phenoxy) is 2. The number of imidazole rings is 1. The minimum atomic E-state index is -4.63. The Balaban J connectivity index is 1.94. The molecule has 2 aromatic heterocycles. The fraction of sp³-hybridized carbons (Fsp3) is 0.400. The predicted molar refractivity (Wildman–Crippen MR) is 110 cm³/mol. The highest BCUT2D eigenvalue weighted by molar-refractivity contribution is 5.89. The molecule has 0 saturated heterocycles. The second kappa shape index (κ2) is 9.28. The standard InChI is InChI=1S/C20H22F3N5O4/c1-3-4-8-31-18-26-15(24)14-16(27-18)28(19(30)25-14)11(2)12-6-5-7-13(9-12)17(29)32-10-20(21,22)23/h5-7,9,11H,3-4,8,10H2,1-2H3,(H,25,30)(H2,24,26,27). The number of benzene rings is 1. The van der Waals surface area contributed by atoms with Crippen molar-refractivity contribution in [1.82, 2.24) is 19.5 Å². The summed E-state index contributed by atoms with van der Waals surface area (Å²) < 4.78 is 48.1. The largest absolute Gasteiger partial charge is 0.463 e. The summed E-state index contributed by atoms with van der Waals surface area (Å²) in [7, 11) is 0. The van der Waals surface area contributed by atoms with Gasteiger partial charge in [-0.3, -0.25) is 4.57 Å². The van der Waals surface area contributed by atoms with Crippen molar-refractivity contribution in [2.75, 3.05) is 18.9 Å². The number of nitrogens with two attached hydrogens (primary N) is 1. The molecule has 9 nitrogen and oxygen atoms in total. The van der Waals surface area contributed by atoms with Gasteiger partial charge in [0.1, 0.15) is 5.52 Å². The molecule has 0 fully saturated rings. The maximum absolute atomic E-state index is 12.6. The number of nitrogen functional groups attached to an aromatic ring is 1. The number of carbonyl (C=O) groups excluding carboxylic acids is 1. The van der Waals surface area contributed by atoms with E-state index in [1.54, 1.807) is 13.0 Å². The molecule has 0 spiro atoms. The first kappa shape index (κ1) is 23.1. The molecule has 3 N–H and O–H groups in total. The minimum Gasteiger partial charge on any atom is -0.463 e. The van der Waals surface area contributed by atoms with E-state index < -0.39 is 30.5 Å². The van der Waals surface area contributed by atoms with E-state index in [0.29, 0.717) is 12.2 Å². The van der Waals surface area contributed by atoms with E-state index in [4.69, 9.17) is 10.5 Å². The molecule has 1 aromatic carbocycles. The minimum absolute atomic E-state index is 0.0212. The number of unbranched alkanes of at least 4 members (excludes halogenated alkanes) is 1. The zero-order chi connectivity index (χ0) is 23.5. The molecule has 0 saturated carbocycles. The number of H-pyrrole nitrogens is 1. The topological polar surface area (TPSA) is 125 Å². The molecule has 1 unspecified atom stereocenters. The van der Waals surface area contributed by atoms with Crippen LogP contribution in [0.2, 0.25) is 0 Å². The molecule has 0 amide bonds. The monoisotopic (exact) mass is 453 g/mol. The van der Waals surface area contributed by atoms with E-state index in [1.807, 2.05) is 6.92 Å². The van der Waals surface area contributed by atoms with Gasteiger partial charge in [0, 0.05) is 0 Å². The highest BCUT2D eigenvalue weighted by atomic mass is 19.4. The molecule has 172 valence electrons. The fourth-order valence-corrected chi connectivity index (χ4v) is 3.04. The van der Waals surface area contributed by atoms with Gasteiger partial charge in [0.2, 0.25) is 0 Å². The SMILES string of the molecule is CCCCOc1nc(N)c2[nH]c(=O)n(C(C)c3cccc(C(=O)OCC(F)(F)F)c3)c2n1. The lowest BCUT2D eigenvalue weighted by Gasteiger charge is -2.15. The van der Waals surface area contributed by atoms with Gasteiger partial charge in [-0.25, -0.2) is 9.59 Å². The van der Waals surface area contributed by atoms with Crippen LogP contribution in [-0.4, -0.2) is 44.9 Å². The van der Waals surface area contributed by atoms with Gasteiger partial charge in [0.15, 0.2) is 18.1 Å². The molecule has 0 aliphatic carbocycles. The number of carbonyl (C=O) groups is 1. The van der Waals surface area contributed by atoms with Crippen LogP contribution < -0.4 is 16.2 Å². The zero-order valence-electron chi connectivity index (χ0n) is 17.4. The van der Waals surface area contributed by atoms with Crippen molar-refractivity contribution < 1.29 is 27.4 Å². The lowest BCUT2D eigenvalue weighted by Crippen LogP contribution is -2.22. The zero-order valence-corrected chi connectivity index (χ0v) is 17.4. The molecule has 3 aromatic rings. The third-order valence-electron chi connectivity index (χ3n) is 4.66. The summed E-state index contributed by atoms with van der Waals surface area (Å²) in [6.45, 7) is 2.36. The Kier molecular flexibility index (Phi) is 6.70. The normalized spacial score (nSPS) is 12.7. The number of rotatable bonds is 8. The van der Waals surface area contributed by atoms with Crippen LogP contribution >= 0.6 is 0 Å². The average molecular weight is 453 g/mol. The summed E-state index contributed by atoms with van der Waals surface area (Å²) >= 11 is 0. The lowest BCUT2D eigenvalue weighted by molar-refractivity contribution is -0.161. The Bertz CT molecular complexity index is 1170. The van der Waals surface area contributed by atoms with Gasteiger partial charge in [-0.15, -0.1) is 0 Å². The highest BCUT2D eigenvalue weighted by Crippen LogP contribution is 2.25. The van der Waals surface area contributed by atoms with E-state index in [2.05, 4.69) is 19.7 Å². The Hall–Kier alpha value is -3.57. The third-order valence-corrected chi connectivity index (χ3v) is 4.66. The first-order valence-corrected chi connectivity index (χ1v) is 9.85. The van der Waals surface area contributed by atoms with Crippen LogP contribution in [0.15, 0.2) is 29.1 Å². The van der Waals surface area contributed by atoms with E-state index in [1.165, 1.54) is 22.8 Å². The van der Waals surface area contributed by atoms with Crippen LogP contribution in [0, 0.1) is 0 Å². The summed E-state index contributed by atoms with van der Waals surface area (Å²) in [4.78, 5) is 35.6. The van der Waals surface area contributed by atoms with E-state index in [0.717, 1.165) is 12.8 Å². The second-order valence-electron chi connectivity index (χ2n) is 7.08. The van der Waals surface area contributed by atoms with Crippen LogP contribution in [-0.2, 0) is 4.74 Å². The van der Waals surface area contributed by atoms with Gasteiger partial charge in [-0.05, 0) is 31.0 Å². The summed E-state index contributed by atoms with van der Waals surface area (Å²) in [5.74, 6) is -1.09. The Morgan fingerprint density at radius 3 is 2.75 bits per heavy atom. The molecule has 12 heteroatoms. The molecule has 0 radical (unpaired) electrons. The Labute approximate surface area is 180 Å². The van der Waals surface area contributed by atoms with Crippen LogP contribution in [0.5, 0.6) is 6.01 Å². The Morgan fingerprint density at radius 2 is 2.06 bits per heavy atom. The van der Waals surface area contributed by atoms with Crippen LogP contribution in [0.1, 0.15) is 48.7 Å². The molecule has 0 aliphatic rings. The smallest absolute Gasteiger partial charge is 0.422 e. The molecule has 3 rings (SSSR count). The number of nitrogens with zero attached hydrogens (tertiary/aromatic N) is 3. The van der Waals surface area contributed by atoms with E-state index in [-0.39, 0.29) is 28.6 Å². The molecular weight excluding hydrogens is 431 g/mol. The highest BCUT2D eigenvalue weighted by Gasteiger charge is 2.30. The Morgan fingerprint density at radius 1 is 1.31 bits per heavy atom. The lowest BCUT2D eigenvalue weighted by atomic mass is 10.0. The third kappa shape index (κ3) is 5.18. The van der Waals surface area contributed by atoms with Crippen molar-refractivity contribution in [3.05, 3.63) is 45.9 Å². The van der Waals surface area contributed by atoms with Crippen molar-refractivity contribution in [2.24, 2.45) is 0 Å². The number of fused-ring (bicyclic) bond motifs is 1. The molecular formula is C20H22F3N5O4. The van der Waals surface area contributed by atoms with Crippen molar-refractivity contribution in [3.8, 4) is 6.01 Å². The van der Waals surface area contributed by atoms with Gasteiger partial charge in [0.25, 0.3) is 0 Å². The maximum Gasteiger partial charge on any atom is 0.422 e. The average Bonchev–Trinajstić information content (AvgIpc) is 3.07. The number of aromatic amines is 1. The number of hydrogen-bond donors (Lipinski definition) is 2.